The first-order chi connectivity index (χ1) is 9.67. The Labute approximate surface area is 128 Å². The van der Waals surface area contributed by atoms with Crippen LogP contribution in [0.15, 0.2) is 24.3 Å². The van der Waals surface area contributed by atoms with Gasteiger partial charge in [-0.25, -0.2) is 0 Å². The first-order valence-corrected chi connectivity index (χ1v) is 7.71. The highest BCUT2D eigenvalue weighted by molar-refractivity contribution is 6.30. The van der Waals surface area contributed by atoms with E-state index in [9.17, 15) is 0 Å². The number of ether oxygens (including phenoxy) is 1. The average Bonchev–Trinajstić information content (AvgIpc) is 2.43. The zero-order valence-electron chi connectivity index (χ0n) is 12.9. The van der Waals surface area contributed by atoms with Gasteiger partial charge in [0.2, 0.25) is 0 Å². The molecule has 1 N–H and O–H groups in total. The second kappa shape index (κ2) is 10.2. The van der Waals surface area contributed by atoms with Crippen LogP contribution in [0.2, 0.25) is 5.02 Å². The molecule has 1 aromatic rings. The Morgan fingerprint density at radius 2 is 2.15 bits per heavy atom. The zero-order chi connectivity index (χ0) is 14.8. The Hall–Kier alpha value is -0.610. The average molecular weight is 299 g/mol. The van der Waals surface area contributed by atoms with Gasteiger partial charge in [-0.15, -0.1) is 0 Å². The molecule has 0 heterocycles. The van der Waals surface area contributed by atoms with E-state index in [1.807, 2.05) is 12.1 Å². The van der Waals surface area contributed by atoms with Crippen molar-refractivity contribution in [1.82, 2.24) is 10.2 Å². The summed E-state index contributed by atoms with van der Waals surface area (Å²) in [7, 11) is 3.91. The molecule has 0 spiro atoms. The number of rotatable bonds is 10. The van der Waals surface area contributed by atoms with Gasteiger partial charge >= 0.3 is 0 Å². The predicted molar refractivity (Wildman–Crippen MR) is 86.5 cm³/mol. The normalized spacial score (nSPS) is 12.8. The lowest BCUT2D eigenvalue weighted by molar-refractivity contribution is 0.178. The van der Waals surface area contributed by atoms with Gasteiger partial charge in [0.1, 0.15) is 0 Å². The Kier molecular flexibility index (Phi) is 8.86. The van der Waals surface area contributed by atoms with Crippen LogP contribution in [0.3, 0.4) is 0 Å². The van der Waals surface area contributed by atoms with E-state index >= 15 is 0 Å². The van der Waals surface area contributed by atoms with Crippen molar-refractivity contribution in [2.24, 2.45) is 0 Å². The molecule has 20 heavy (non-hydrogen) atoms. The van der Waals surface area contributed by atoms with Crippen molar-refractivity contribution in [2.75, 3.05) is 40.4 Å². The van der Waals surface area contributed by atoms with Gasteiger partial charge in [0.15, 0.2) is 0 Å². The molecule has 0 aliphatic rings. The van der Waals surface area contributed by atoms with Crippen LogP contribution in [-0.4, -0.2) is 45.3 Å². The van der Waals surface area contributed by atoms with Gasteiger partial charge in [-0.05, 0) is 50.7 Å². The molecule has 0 aromatic heterocycles. The summed E-state index contributed by atoms with van der Waals surface area (Å²) in [6.07, 6.45) is 2.16. The Balaban J connectivity index is 2.46. The third-order valence-electron chi connectivity index (χ3n) is 3.39. The first-order valence-electron chi connectivity index (χ1n) is 7.33. The Bertz CT molecular complexity index is 373. The summed E-state index contributed by atoms with van der Waals surface area (Å²) in [6, 6.07) is 8.50. The van der Waals surface area contributed by atoms with E-state index in [-0.39, 0.29) is 0 Å². The maximum atomic E-state index is 6.08. The highest BCUT2D eigenvalue weighted by Gasteiger charge is 2.11. The van der Waals surface area contributed by atoms with Gasteiger partial charge in [-0.1, -0.05) is 30.7 Å². The van der Waals surface area contributed by atoms with Crippen molar-refractivity contribution in [3.8, 4) is 0 Å². The first kappa shape index (κ1) is 17.4. The van der Waals surface area contributed by atoms with E-state index in [1.165, 1.54) is 5.56 Å². The van der Waals surface area contributed by atoms with E-state index in [0.29, 0.717) is 6.04 Å². The molecule has 1 aromatic carbocycles. The molecule has 0 aliphatic carbocycles. The molecule has 1 atom stereocenters. The number of halogens is 1. The van der Waals surface area contributed by atoms with Crippen LogP contribution < -0.4 is 5.32 Å². The number of methoxy groups -OCH3 is 1. The largest absolute Gasteiger partial charge is 0.385 e. The predicted octanol–water partition coefficient (Wildman–Crippen LogP) is 3.35. The maximum absolute atomic E-state index is 6.08. The maximum Gasteiger partial charge on any atom is 0.0474 e. The molecule has 4 heteroatoms. The van der Waals surface area contributed by atoms with Crippen molar-refractivity contribution < 1.29 is 4.74 Å². The number of nitrogens with one attached hydrogen (secondary N) is 1. The second-order valence-electron chi connectivity index (χ2n) is 5.10. The van der Waals surface area contributed by atoms with Crippen LogP contribution in [0.5, 0.6) is 0 Å². The van der Waals surface area contributed by atoms with E-state index in [1.54, 1.807) is 7.11 Å². The van der Waals surface area contributed by atoms with Crippen LogP contribution in [0.1, 0.15) is 31.4 Å². The summed E-state index contributed by atoms with van der Waals surface area (Å²) in [4.78, 5) is 2.36. The summed E-state index contributed by atoms with van der Waals surface area (Å²) in [5, 5.41) is 4.34. The van der Waals surface area contributed by atoms with Crippen molar-refractivity contribution >= 4 is 11.6 Å². The fourth-order valence-corrected chi connectivity index (χ4v) is 2.50. The van der Waals surface area contributed by atoms with Crippen molar-refractivity contribution in [2.45, 2.75) is 25.8 Å². The van der Waals surface area contributed by atoms with Gasteiger partial charge in [0.05, 0.1) is 0 Å². The topological polar surface area (TPSA) is 24.5 Å². The third-order valence-corrected chi connectivity index (χ3v) is 3.62. The monoisotopic (exact) mass is 298 g/mol. The van der Waals surface area contributed by atoms with Crippen LogP contribution in [0.25, 0.3) is 0 Å². The summed E-state index contributed by atoms with van der Waals surface area (Å²) >= 11 is 6.08. The molecule has 0 amide bonds. The highest BCUT2D eigenvalue weighted by atomic mass is 35.5. The Morgan fingerprint density at radius 3 is 2.80 bits per heavy atom. The summed E-state index contributed by atoms with van der Waals surface area (Å²) in [6.45, 7) is 6.07. The van der Waals surface area contributed by atoms with Crippen molar-refractivity contribution in [3.63, 3.8) is 0 Å². The van der Waals surface area contributed by atoms with Crippen LogP contribution in [0, 0.1) is 0 Å². The lowest BCUT2D eigenvalue weighted by Gasteiger charge is -2.23. The fraction of sp³-hybridized carbons (Fsp3) is 0.625. The highest BCUT2D eigenvalue weighted by Crippen LogP contribution is 2.20. The molecule has 114 valence electrons. The van der Waals surface area contributed by atoms with Gasteiger partial charge < -0.3 is 15.0 Å². The minimum absolute atomic E-state index is 0.364. The number of hydrogen-bond donors (Lipinski definition) is 1. The minimum Gasteiger partial charge on any atom is -0.385 e. The van der Waals surface area contributed by atoms with Crippen molar-refractivity contribution in [3.05, 3.63) is 34.9 Å². The molecule has 3 nitrogen and oxygen atoms in total. The zero-order valence-corrected chi connectivity index (χ0v) is 13.6. The molecule has 0 saturated heterocycles. The summed E-state index contributed by atoms with van der Waals surface area (Å²) in [5.41, 5.74) is 1.27. The standard InChI is InChI=1S/C16H27ClN2O/c1-4-18-16(14-7-5-8-15(17)13-14)9-11-19(2)10-6-12-20-3/h5,7-8,13,16,18H,4,6,9-12H2,1-3H3. The van der Waals surface area contributed by atoms with Gasteiger partial charge in [-0.2, -0.15) is 0 Å². The molecular weight excluding hydrogens is 272 g/mol. The van der Waals surface area contributed by atoms with Crippen LogP contribution >= 0.6 is 11.6 Å². The van der Waals surface area contributed by atoms with E-state index < -0.39 is 0 Å². The number of nitrogens with zero attached hydrogens (tertiary/aromatic N) is 1. The molecule has 0 bridgehead atoms. The van der Waals surface area contributed by atoms with Crippen molar-refractivity contribution in [1.29, 1.82) is 0 Å². The van der Waals surface area contributed by atoms with Gasteiger partial charge in [0, 0.05) is 31.3 Å². The minimum atomic E-state index is 0.364. The molecular formula is C16H27ClN2O. The lowest BCUT2D eigenvalue weighted by atomic mass is 10.0. The molecule has 1 unspecified atom stereocenters. The second-order valence-corrected chi connectivity index (χ2v) is 5.54. The quantitative estimate of drug-likeness (QED) is 0.671. The van der Waals surface area contributed by atoms with E-state index in [2.05, 4.69) is 36.3 Å². The smallest absolute Gasteiger partial charge is 0.0474 e. The van der Waals surface area contributed by atoms with Gasteiger partial charge in [0.25, 0.3) is 0 Å². The molecule has 0 fully saturated rings. The van der Waals surface area contributed by atoms with E-state index in [4.69, 9.17) is 16.3 Å². The summed E-state index contributed by atoms with van der Waals surface area (Å²) < 4.78 is 5.09. The number of benzene rings is 1. The van der Waals surface area contributed by atoms with Gasteiger partial charge in [-0.3, -0.25) is 0 Å². The Morgan fingerprint density at radius 1 is 1.35 bits per heavy atom. The molecule has 1 rings (SSSR count). The summed E-state index contributed by atoms with van der Waals surface area (Å²) in [5.74, 6) is 0. The third kappa shape index (κ3) is 6.71. The molecule has 0 radical (unpaired) electrons. The number of hydrogen-bond acceptors (Lipinski definition) is 3. The SMILES string of the molecule is CCNC(CCN(C)CCCOC)c1cccc(Cl)c1. The van der Waals surface area contributed by atoms with Crippen LogP contribution in [0.4, 0.5) is 0 Å². The molecule has 0 saturated carbocycles. The van der Waals surface area contributed by atoms with E-state index in [0.717, 1.165) is 44.1 Å². The van der Waals surface area contributed by atoms with Crippen LogP contribution in [-0.2, 0) is 4.74 Å². The fourth-order valence-electron chi connectivity index (χ4n) is 2.30. The lowest BCUT2D eigenvalue weighted by Crippen LogP contribution is -2.28. The molecule has 0 aliphatic heterocycles.